The Labute approximate surface area is 171 Å². The van der Waals surface area contributed by atoms with Crippen LogP contribution in [0.2, 0.25) is 0 Å². The van der Waals surface area contributed by atoms with Gasteiger partial charge in [0.15, 0.2) is 0 Å². The van der Waals surface area contributed by atoms with E-state index in [1.54, 1.807) is 6.21 Å². The first-order chi connectivity index (χ1) is 14.3. The average Bonchev–Trinajstić information content (AvgIpc) is 3.13. The second kappa shape index (κ2) is 8.95. The Morgan fingerprint density at radius 1 is 1.21 bits per heavy atom. The van der Waals surface area contributed by atoms with Gasteiger partial charge in [-0.3, -0.25) is 4.79 Å². The van der Waals surface area contributed by atoms with E-state index in [0.717, 1.165) is 47.9 Å². The summed E-state index contributed by atoms with van der Waals surface area (Å²) in [5.41, 5.74) is 7.90. The van der Waals surface area contributed by atoms with Crippen molar-refractivity contribution in [2.45, 2.75) is 45.4 Å². The number of nitrogens with one attached hydrogen (secondary N) is 2. The summed E-state index contributed by atoms with van der Waals surface area (Å²) in [6.45, 7) is 2.81. The number of rotatable bonds is 7. The van der Waals surface area contributed by atoms with Crippen LogP contribution < -0.4 is 10.2 Å². The SMILES string of the molecule is CCCCOc1ccccc1/C=N/NC(=O)c1ccc2[nH]c3c(c2c1)CCCC3. The lowest BCUT2D eigenvalue weighted by Crippen LogP contribution is -2.17. The maximum atomic E-state index is 12.6. The van der Waals surface area contributed by atoms with E-state index >= 15 is 0 Å². The number of aromatic nitrogens is 1. The molecule has 1 aromatic heterocycles. The first-order valence-electron chi connectivity index (χ1n) is 10.4. The van der Waals surface area contributed by atoms with Crippen molar-refractivity contribution in [3.8, 4) is 5.75 Å². The molecule has 1 aliphatic carbocycles. The zero-order valence-corrected chi connectivity index (χ0v) is 16.8. The van der Waals surface area contributed by atoms with Crippen LogP contribution in [0.25, 0.3) is 10.9 Å². The zero-order valence-electron chi connectivity index (χ0n) is 16.8. The molecule has 2 N–H and O–H groups in total. The molecule has 2 aromatic carbocycles. The summed E-state index contributed by atoms with van der Waals surface area (Å²) in [5.74, 6) is 0.567. The van der Waals surface area contributed by atoms with Gasteiger partial charge in [-0.05, 0) is 68.0 Å². The smallest absolute Gasteiger partial charge is 0.271 e. The summed E-state index contributed by atoms with van der Waals surface area (Å²) in [6, 6.07) is 13.5. The molecular weight excluding hydrogens is 362 g/mol. The van der Waals surface area contributed by atoms with Crippen LogP contribution in [0.5, 0.6) is 5.75 Å². The molecule has 0 unspecified atom stereocenters. The third kappa shape index (κ3) is 4.34. The number of carbonyl (C=O) groups excluding carboxylic acids is 1. The van der Waals surface area contributed by atoms with E-state index in [9.17, 15) is 4.79 Å². The molecule has 1 heterocycles. The van der Waals surface area contributed by atoms with E-state index in [2.05, 4.69) is 22.4 Å². The number of carbonyl (C=O) groups is 1. The van der Waals surface area contributed by atoms with Crippen molar-refractivity contribution >= 4 is 23.0 Å². The third-order valence-corrected chi connectivity index (χ3v) is 5.40. The van der Waals surface area contributed by atoms with Crippen molar-refractivity contribution < 1.29 is 9.53 Å². The van der Waals surface area contributed by atoms with E-state index in [1.807, 2.05) is 42.5 Å². The molecule has 5 heteroatoms. The molecule has 150 valence electrons. The number of aromatic amines is 1. The predicted molar refractivity (Wildman–Crippen MR) is 117 cm³/mol. The van der Waals surface area contributed by atoms with Gasteiger partial charge in [-0.2, -0.15) is 5.10 Å². The molecule has 0 bridgehead atoms. The number of hydrogen-bond donors (Lipinski definition) is 2. The van der Waals surface area contributed by atoms with Crippen molar-refractivity contribution in [3.63, 3.8) is 0 Å². The first kappa shape index (κ1) is 19.2. The van der Waals surface area contributed by atoms with Crippen LogP contribution in [-0.4, -0.2) is 23.7 Å². The molecule has 0 saturated heterocycles. The summed E-state index contributed by atoms with van der Waals surface area (Å²) in [7, 11) is 0. The highest BCUT2D eigenvalue weighted by atomic mass is 16.5. The van der Waals surface area contributed by atoms with Gasteiger partial charge in [0, 0.05) is 27.7 Å². The minimum absolute atomic E-state index is 0.210. The second-order valence-corrected chi connectivity index (χ2v) is 7.49. The number of H-pyrrole nitrogens is 1. The highest BCUT2D eigenvalue weighted by Crippen LogP contribution is 2.29. The summed E-state index contributed by atoms with van der Waals surface area (Å²) >= 11 is 0. The minimum Gasteiger partial charge on any atom is -0.493 e. The quantitative estimate of drug-likeness (QED) is 0.340. The molecule has 29 heavy (non-hydrogen) atoms. The third-order valence-electron chi connectivity index (χ3n) is 5.40. The number of amides is 1. The van der Waals surface area contributed by atoms with Gasteiger partial charge in [-0.25, -0.2) is 5.43 Å². The molecule has 0 spiro atoms. The van der Waals surface area contributed by atoms with Gasteiger partial charge in [0.25, 0.3) is 5.91 Å². The summed E-state index contributed by atoms with van der Waals surface area (Å²) in [6.07, 6.45) is 8.33. The molecule has 0 fully saturated rings. The number of hydrazone groups is 1. The Hall–Kier alpha value is -3.08. The highest BCUT2D eigenvalue weighted by molar-refractivity contribution is 5.99. The largest absolute Gasteiger partial charge is 0.493 e. The number of ether oxygens (including phenoxy) is 1. The molecule has 4 rings (SSSR count). The van der Waals surface area contributed by atoms with Crippen LogP contribution in [0.15, 0.2) is 47.6 Å². The lowest BCUT2D eigenvalue weighted by atomic mass is 9.95. The lowest BCUT2D eigenvalue weighted by molar-refractivity contribution is 0.0955. The number of unbranched alkanes of at least 4 members (excludes halogenated alkanes) is 1. The highest BCUT2D eigenvalue weighted by Gasteiger charge is 2.16. The van der Waals surface area contributed by atoms with Crippen molar-refractivity contribution in [2.75, 3.05) is 6.61 Å². The minimum atomic E-state index is -0.210. The first-order valence-corrected chi connectivity index (χ1v) is 10.4. The van der Waals surface area contributed by atoms with Crippen LogP contribution in [0.4, 0.5) is 0 Å². The average molecular weight is 389 g/mol. The van der Waals surface area contributed by atoms with Crippen LogP contribution in [-0.2, 0) is 12.8 Å². The van der Waals surface area contributed by atoms with Crippen LogP contribution in [0.1, 0.15) is 59.8 Å². The molecule has 0 atom stereocenters. The van der Waals surface area contributed by atoms with Gasteiger partial charge < -0.3 is 9.72 Å². The number of hydrogen-bond acceptors (Lipinski definition) is 3. The predicted octanol–water partition coefficient (Wildman–Crippen LogP) is 4.99. The molecule has 0 radical (unpaired) electrons. The fraction of sp³-hybridized carbons (Fsp3) is 0.333. The van der Waals surface area contributed by atoms with E-state index in [4.69, 9.17) is 4.74 Å². The van der Waals surface area contributed by atoms with Crippen molar-refractivity contribution in [3.05, 3.63) is 64.8 Å². The Kier molecular flexibility index (Phi) is 5.94. The van der Waals surface area contributed by atoms with E-state index < -0.39 is 0 Å². The van der Waals surface area contributed by atoms with Gasteiger partial charge in [0.1, 0.15) is 5.75 Å². The molecular formula is C24H27N3O2. The van der Waals surface area contributed by atoms with Crippen LogP contribution >= 0.6 is 0 Å². The normalized spacial score (nSPS) is 13.6. The zero-order chi connectivity index (χ0) is 20.1. The maximum Gasteiger partial charge on any atom is 0.271 e. The molecule has 0 saturated carbocycles. The van der Waals surface area contributed by atoms with Crippen LogP contribution in [0.3, 0.4) is 0 Å². The van der Waals surface area contributed by atoms with E-state index in [1.165, 1.54) is 24.1 Å². The Morgan fingerprint density at radius 3 is 2.97 bits per heavy atom. The van der Waals surface area contributed by atoms with Crippen molar-refractivity contribution in [2.24, 2.45) is 5.10 Å². The number of para-hydroxylation sites is 1. The Balaban J connectivity index is 1.46. The van der Waals surface area contributed by atoms with Gasteiger partial charge in [-0.1, -0.05) is 25.5 Å². The summed E-state index contributed by atoms with van der Waals surface area (Å²) in [4.78, 5) is 16.1. The molecule has 0 aliphatic heterocycles. The van der Waals surface area contributed by atoms with E-state index in [0.29, 0.717) is 12.2 Å². The fourth-order valence-corrected chi connectivity index (χ4v) is 3.82. The standard InChI is InChI=1S/C24H27N3O2/c1-2-3-14-29-23-11-7-4-8-18(23)16-25-27-24(28)17-12-13-22-20(15-17)19-9-5-6-10-21(19)26-22/h4,7-8,11-13,15-16,26H,2-3,5-6,9-10,14H2,1H3,(H,27,28)/b25-16+. The van der Waals surface area contributed by atoms with Gasteiger partial charge in [0.05, 0.1) is 12.8 Å². The summed E-state index contributed by atoms with van der Waals surface area (Å²) in [5, 5.41) is 5.31. The number of benzene rings is 2. The number of fused-ring (bicyclic) bond motifs is 3. The molecule has 1 aliphatic rings. The van der Waals surface area contributed by atoms with Gasteiger partial charge in [-0.15, -0.1) is 0 Å². The van der Waals surface area contributed by atoms with Crippen LogP contribution in [0, 0.1) is 0 Å². The Bertz CT molecular complexity index is 1040. The van der Waals surface area contributed by atoms with Gasteiger partial charge in [0.2, 0.25) is 0 Å². The maximum absolute atomic E-state index is 12.6. The number of aryl methyl sites for hydroxylation is 2. The van der Waals surface area contributed by atoms with Crippen molar-refractivity contribution in [1.82, 2.24) is 10.4 Å². The Morgan fingerprint density at radius 2 is 2.07 bits per heavy atom. The second-order valence-electron chi connectivity index (χ2n) is 7.49. The van der Waals surface area contributed by atoms with E-state index in [-0.39, 0.29) is 5.91 Å². The fourth-order valence-electron chi connectivity index (χ4n) is 3.82. The van der Waals surface area contributed by atoms with Gasteiger partial charge >= 0.3 is 0 Å². The number of nitrogens with zero attached hydrogens (tertiary/aromatic N) is 1. The lowest BCUT2D eigenvalue weighted by Gasteiger charge is -2.10. The topological polar surface area (TPSA) is 66.5 Å². The monoisotopic (exact) mass is 389 g/mol. The van der Waals surface area contributed by atoms with Crippen molar-refractivity contribution in [1.29, 1.82) is 0 Å². The molecule has 3 aromatic rings. The molecule has 1 amide bonds. The summed E-state index contributed by atoms with van der Waals surface area (Å²) < 4.78 is 5.80. The molecule has 5 nitrogen and oxygen atoms in total.